The van der Waals surface area contributed by atoms with Gasteiger partial charge in [0.15, 0.2) is 6.61 Å². The van der Waals surface area contributed by atoms with Crippen LogP contribution in [-0.2, 0) is 0 Å². The van der Waals surface area contributed by atoms with Crippen LogP contribution in [0.4, 0.5) is 24.5 Å². The van der Waals surface area contributed by atoms with Crippen LogP contribution in [0, 0.1) is 0 Å². The van der Waals surface area contributed by atoms with Gasteiger partial charge in [-0.15, -0.1) is 24.8 Å². The van der Waals surface area contributed by atoms with Gasteiger partial charge in [-0.05, 0) is 12.1 Å². The molecule has 1 aromatic rings. The predicted octanol–water partition coefficient (Wildman–Crippen LogP) is 2.64. The molecule has 94 valence electrons. The van der Waals surface area contributed by atoms with Crippen LogP contribution < -0.4 is 16.2 Å². The van der Waals surface area contributed by atoms with Crippen molar-refractivity contribution in [2.24, 2.45) is 0 Å². The van der Waals surface area contributed by atoms with Crippen molar-refractivity contribution in [2.45, 2.75) is 6.18 Å². The van der Waals surface area contributed by atoms with Gasteiger partial charge in [-0.2, -0.15) is 13.2 Å². The van der Waals surface area contributed by atoms with Crippen molar-refractivity contribution in [3.05, 3.63) is 18.2 Å². The average molecular weight is 279 g/mol. The van der Waals surface area contributed by atoms with Gasteiger partial charge >= 0.3 is 6.18 Å². The molecule has 16 heavy (non-hydrogen) atoms. The van der Waals surface area contributed by atoms with Crippen molar-refractivity contribution in [3.8, 4) is 5.75 Å². The Kier molecular flexibility index (Phi) is 7.11. The Morgan fingerprint density at radius 3 is 2.06 bits per heavy atom. The van der Waals surface area contributed by atoms with Crippen molar-refractivity contribution in [1.82, 2.24) is 0 Å². The maximum Gasteiger partial charge on any atom is 0.422 e. The standard InChI is InChI=1S/C8H9F3N2O.2ClH/c9-8(10,11)4-14-5-1-2-6(12)7(13)3-5;;/h1-3H,4,12-13H2;2*1H. The second kappa shape index (κ2) is 6.55. The third-order valence-electron chi connectivity index (χ3n) is 1.46. The number of benzene rings is 1. The molecular weight excluding hydrogens is 268 g/mol. The largest absolute Gasteiger partial charge is 0.484 e. The van der Waals surface area contributed by atoms with Crippen LogP contribution in [0.1, 0.15) is 0 Å². The molecule has 0 heterocycles. The molecular formula is C8H11Cl2F3N2O. The molecule has 3 nitrogen and oxygen atoms in total. The van der Waals surface area contributed by atoms with E-state index in [-0.39, 0.29) is 36.3 Å². The van der Waals surface area contributed by atoms with Gasteiger partial charge in [-0.3, -0.25) is 0 Å². The molecule has 0 saturated carbocycles. The minimum absolute atomic E-state index is 0. The summed E-state index contributed by atoms with van der Waals surface area (Å²) >= 11 is 0. The van der Waals surface area contributed by atoms with Gasteiger partial charge in [0, 0.05) is 6.07 Å². The molecule has 0 spiro atoms. The summed E-state index contributed by atoms with van der Waals surface area (Å²) in [5, 5.41) is 0. The first-order chi connectivity index (χ1) is 6.38. The number of halogens is 5. The summed E-state index contributed by atoms with van der Waals surface area (Å²) in [7, 11) is 0. The molecule has 0 atom stereocenters. The molecule has 8 heteroatoms. The summed E-state index contributed by atoms with van der Waals surface area (Å²) in [6, 6.07) is 3.97. The Labute approximate surface area is 103 Å². The minimum Gasteiger partial charge on any atom is -0.484 e. The Bertz CT molecular complexity index is 334. The molecule has 1 rings (SSSR count). The van der Waals surface area contributed by atoms with Crippen LogP contribution in [0.15, 0.2) is 18.2 Å². The molecule has 1 aromatic carbocycles. The average Bonchev–Trinajstić information content (AvgIpc) is 2.06. The fourth-order valence-corrected chi connectivity index (χ4v) is 0.808. The quantitative estimate of drug-likeness (QED) is 0.818. The maximum absolute atomic E-state index is 11.7. The first-order valence-electron chi connectivity index (χ1n) is 3.73. The fourth-order valence-electron chi connectivity index (χ4n) is 0.808. The van der Waals surface area contributed by atoms with Gasteiger partial charge in [0.1, 0.15) is 5.75 Å². The Morgan fingerprint density at radius 2 is 1.62 bits per heavy atom. The van der Waals surface area contributed by atoms with E-state index < -0.39 is 12.8 Å². The van der Waals surface area contributed by atoms with Gasteiger partial charge in [-0.25, -0.2) is 0 Å². The molecule has 0 unspecified atom stereocenters. The molecule has 0 bridgehead atoms. The third-order valence-corrected chi connectivity index (χ3v) is 1.46. The van der Waals surface area contributed by atoms with Crippen molar-refractivity contribution in [1.29, 1.82) is 0 Å². The van der Waals surface area contributed by atoms with Crippen molar-refractivity contribution < 1.29 is 17.9 Å². The lowest BCUT2D eigenvalue weighted by Gasteiger charge is -2.09. The summed E-state index contributed by atoms with van der Waals surface area (Å²) in [6.45, 7) is -1.34. The molecule has 0 radical (unpaired) electrons. The van der Waals surface area contributed by atoms with Crippen LogP contribution in [0.25, 0.3) is 0 Å². The predicted molar refractivity (Wildman–Crippen MR) is 61.3 cm³/mol. The van der Waals surface area contributed by atoms with Crippen LogP contribution in [-0.4, -0.2) is 12.8 Å². The van der Waals surface area contributed by atoms with Crippen molar-refractivity contribution in [2.75, 3.05) is 18.1 Å². The number of hydrogen-bond acceptors (Lipinski definition) is 3. The topological polar surface area (TPSA) is 61.3 Å². The Balaban J connectivity index is 0. The van der Waals surface area contributed by atoms with E-state index in [1.807, 2.05) is 0 Å². The molecule has 0 aromatic heterocycles. The minimum atomic E-state index is -4.35. The highest BCUT2D eigenvalue weighted by molar-refractivity contribution is 5.85. The number of rotatable bonds is 2. The number of ether oxygens (including phenoxy) is 1. The van der Waals surface area contributed by atoms with Crippen LogP contribution in [0.5, 0.6) is 5.75 Å². The number of anilines is 2. The molecule has 0 aliphatic carbocycles. The van der Waals surface area contributed by atoms with Gasteiger partial charge in [0.2, 0.25) is 0 Å². The second-order valence-electron chi connectivity index (χ2n) is 2.69. The van der Waals surface area contributed by atoms with Gasteiger partial charge in [0.05, 0.1) is 11.4 Å². The SMILES string of the molecule is Cl.Cl.Nc1ccc(OCC(F)(F)F)cc1N. The molecule has 0 aliphatic rings. The summed E-state index contributed by atoms with van der Waals surface area (Å²) in [5.41, 5.74) is 11.2. The first kappa shape index (κ1) is 17.4. The first-order valence-corrected chi connectivity index (χ1v) is 3.73. The molecule has 4 N–H and O–H groups in total. The normalized spacial score (nSPS) is 9.94. The van der Waals surface area contributed by atoms with E-state index in [0.29, 0.717) is 5.69 Å². The lowest BCUT2D eigenvalue weighted by atomic mass is 10.2. The molecule has 0 fully saturated rings. The highest BCUT2D eigenvalue weighted by atomic mass is 35.5. The van der Waals surface area contributed by atoms with Crippen molar-refractivity contribution >= 4 is 36.2 Å². The number of nitrogen functional groups attached to an aromatic ring is 2. The van der Waals surface area contributed by atoms with Gasteiger partial charge in [0.25, 0.3) is 0 Å². The zero-order valence-electron chi connectivity index (χ0n) is 7.95. The zero-order valence-corrected chi connectivity index (χ0v) is 9.59. The Morgan fingerprint density at radius 1 is 1.06 bits per heavy atom. The van der Waals surface area contributed by atoms with E-state index in [0.717, 1.165) is 0 Å². The Hall–Kier alpha value is -1.01. The smallest absolute Gasteiger partial charge is 0.422 e. The maximum atomic E-state index is 11.7. The highest BCUT2D eigenvalue weighted by Crippen LogP contribution is 2.23. The van der Waals surface area contributed by atoms with Crippen LogP contribution in [0.2, 0.25) is 0 Å². The fraction of sp³-hybridized carbons (Fsp3) is 0.250. The van der Waals surface area contributed by atoms with E-state index in [9.17, 15) is 13.2 Å². The zero-order chi connectivity index (χ0) is 10.8. The van der Waals surface area contributed by atoms with E-state index >= 15 is 0 Å². The summed E-state index contributed by atoms with van der Waals surface area (Å²) in [5.74, 6) is 0.0500. The number of hydrogen-bond donors (Lipinski definition) is 2. The van der Waals surface area contributed by atoms with E-state index in [1.54, 1.807) is 0 Å². The second-order valence-corrected chi connectivity index (χ2v) is 2.69. The highest BCUT2D eigenvalue weighted by Gasteiger charge is 2.28. The number of alkyl halides is 3. The summed E-state index contributed by atoms with van der Waals surface area (Å²) in [4.78, 5) is 0. The van der Waals surface area contributed by atoms with Crippen molar-refractivity contribution in [3.63, 3.8) is 0 Å². The lowest BCUT2D eigenvalue weighted by Crippen LogP contribution is -2.19. The van der Waals surface area contributed by atoms with Crippen LogP contribution >= 0.6 is 24.8 Å². The third kappa shape index (κ3) is 5.77. The lowest BCUT2D eigenvalue weighted by molar-refractivity contribution is -0.153. The molecule has 0 aliphatic heterocycles. The monoisotopic (exact) mass is 278 g/mol. The molecule has 0 amide bonds. The van der Waals surface area contributed by atoms with Crippen LogP contribution in [0.3, 0.4) is 0 Å². The van der Waals surface area contributed by atoms with Gasteiger partial charge < -0.3 is 16.2 Å². The number of nitrogens with two attached hydrogens (primary N) is 2. The van der Waals surface area contributed by atoms with E-state index in [4.69, 9.17) is 11.5 Å². The summed E-state index contributed by atoms with van der Waals surface area (Å²) < 4.78 is 39.7. The molecule has 0 saturated heterocycles. The van der Waals surface area contributed by atoms with Gasteiger partial charge in [-0.1, -0.05) is 0 Å². The van der Waals surface area contributed by atoms with E-state index in [2.05, 4.69) is 4.74 Å². The summed E-state index contributed by atoms with van der Waals surface area (Å²) in [6.07, 6.45) is -4.35. The van der Waals surface area contributed by atoms with E-state index in [1.165, 1.54) is 18.2 Å².